The third-order valence-corrected chi connectivity index (χ3v) is 4.21. The fourth-order valence-corrected chi connectivity index (χ4v) is 3.27. The number of nitrogens with zero attached hydrogens (tertiary/aromatic N) is 1. The van der Waals surface area contributed by atoms with Crippen LogP contribution in [0.1, 0.15) is 46.0 Å². The smallest absolute Gasteiger partial charge is 0.0474 e. The van der Waals surface area contributed by atoms with Gasteiger partial charge >= 0.3 is 0 Å². The highest BCUT2D eigenvalue weighted by molar-refractivity contribution is 4.89. The highest BCUT2D eigenvalue weighted by atomic mass is 16.5. The van der Waals surface area contributed by atoms with Gasteiger partial charge in [-0.25, -0.2) is 0 Å². The Morgan fingerprint density at radius 1 is 1.26 bits per heavy atom. The first-order valence-electron chi connectivity index (χ1n) is 7.96. The molecular formula is C16H34N2O. The van der Waals surface area contributed by atoms with Crippen molar-refractivity contribution in [2.75, 3.05) is 46.9 Å². The average Bonchev–Trinajstić information content (AvgIpc) is 2.77. The summed E-state index contributed by atoms with van der Waals surface area (Å²) in [5.74, 6) is 0.748. The van der Waals surface area contributed by atoms with Gasteiger partial charge in [-0.3, -0.25) is 0 Å². The highest BCUT2D eigenvalue weighted by Gasteiger charge is 2.34. The summed E-state index contributed by atoms with van der Waals surface area (Å²) in [5, 5.41) is 3.69. The molecule has 0 aromatic carbocycles. The van der Waals surface area contributed by atoms with Crippen LogP contribution in [0.2, 0.25) is 0 Å². The van der Waals surface area contributed by atoms with Crippen molar-refractivity contribution in [3.8, 4) is 0 Å². The number of nitrogens with one attached hydrogen (secondary N) is 1. The molecule has 0 spiro atoms. The van der Waals surface area contributed by atoms with Crippen LogP contribution in [0.25, 0.3) is 0 Å². The Morgan fingerprint density at radius 3 is 2.53 bits per heavy atom. The molecule has 19 heavy (non-hydrogen) atoms. The van der Waals surface area contributed by atoms with Crippen molar-refractivity contribution in [2.24, 2.45) is 11.3 Å². The molecule has 0 unspecified atom stereocenters. The van der Waals surface area contributed by atoms with E-state index in [4.69, 9.17) is 4.74 Å². The lowest BCUT2D eigenvalue weighted by molar-refractivity contribution is 0.145. The van der Waals surface area contributed by atoms with Gasteiger partial charge in [0, 0.05) is 33.4 Å². The number of hydrogen-bond acceptors (Lipinski definition) is 3. The molecule has 0 aromatic heterocycles. The van der Waals surface area contributed by atoms with Crippen molar-refractivity contribution in [1.82, 2.24) is 10.2 Å². The molecule has 0 saturated heterocycles. The van der Waals surface area contributed by atoms with Crippen molar-refractivity contribution < 1.29 is 4.74 Å². The first kappa shape index (κ1) is 16.9. The van der Waals surface area contributed by atoms with Gasteiger partial charge in [0.1, 0.15) is 0 Å². The largest absolute Gasteiger partial charge is 0.385 e. The van der Waals surface area contributed by atoms with Gasteiger partial charge in [0.25, 0.3) is 0 Å². The van der Waals surface area contributed by atoms with Crippen LogP contribution in [0, 0.1) is 11.3 Å². The molecule has 0 amide bonds. The fraction of sp³-hybridized carbons (Fsp3) is 1.00. The zero-order valence-electron chi connectivity index (χ0n) is 13.5. The van der Waals surface area contributed by atoms with Crippen molar-refractivity contribution >= 4 is 0 Å². The van der Waals surface area contributed by atoms with E-state index in [-0.39, 0.29) is 0 Å². The van der Waals surface area contributed by atoms with E-state index in [1.165, 1.54) is 38.8 Å². The summed E-state index contributed by atoms with van der Waals surface area (Å²) in [6.45, 7) is 10.2. The van der Waals surface area contributed by atoms with E-state index in [2.05, 4.69) is 31.1 Å². The van der Waals surface area contributed by atoms with Crippen LogP contribution in [0.15, 0.2) is 0 Å². The third kappa shape index (κ3) is 6.73. The molecule has 1 rings (SSSR count). The van der Waals surface area contributed by atoms with E-state index in [9.17, 15) is 0 Å². The van der Waals surface area contributed by atoms with Crippen LogP contribution >= 0.6 is 0 Å². The summed E-state index contributed by atoms with van der Waals surface area (Å²) in [7, 11) is 4.05. The molecule has 0 atom stereocenters. The van der Waals surface area contributed by atoms with Crippen LogP contribution in [-0.2, 0) is 4.74 Å². The van der Waals surface area contributed by atoms with Gasteiger partial charge in [0.15, 0.2) is 0 Å². The van der Waals surface area contributed by atoms with Gasteiger partial charge in [-0.1, -0.05) is 26.7 Å². The Balaban J connectivity index is 2.33. The van der Waals surface area contributed by atoms with Crippen LogP contribution in [0.4, 0.5) is 0 Å². The Hall–Kier alpha value is -0.120. The summed E-state index contributed by atoms with van der Waals surface area (Å²) in [6.07, 6.45) is 6.76. The normalized spacial score (nSPS) is 18.6. The number of hydrogen-bond donors (Lipinski definition) is 1. The molecule has 114 valence electrons. The first-order chi connectivity index (χ1) is 9.08. The molecule has 3 nitrogen and oxygen atoms in total. The lowest BCUT2D eigenvalue weighted by Crippen LogP contribution is -2.42. The van der Waals surface area contributed by atoms with Gasteiger partial charge in [-0.05, 0) is 44.2 Å². The maximum Gasteiger partial charge on any atom is 0.0474 e. The second-order valence-electron chi connectivity index (χ2n) is 6.82. The summed E-state index contributed by atoms with van der Waals surface area (Å²) in [4.78, 5) is 2.50. The van der Waals surface area contributed by atoms with E-state index in [1.54, 1.807) is 7.11 Å². The van der Waals surface area contributed by atoms with Gasteiger partial charge < -0.3 is 15.0 Å². The van der Waals surface area contributed by atoms with Gasteiger partial charge in [0.2, 0.25) is 0 Å². The van der Waals surface area contributed by atoms with E-state index in [0.29, 0.717) is 5.41 Å². The predicted octanol–water partition coefficient (Wildman–Crippen LogP) is 2.76. The number of rotatable bonds is 10. The average molecular weight is 270 g/mol. The Morgan fingerprint density at radius 2 is 1.95 bits per heavy atom. The summed E-state index contributed by atoms with van der Waals surface area (Å²) in [6, 6.07) is 0. The molecule has 1 fully saturated rings. The topological polar surface area (TPSA) is 24.5 Å². The van der Waals surface area contributed by atoms with Crippen LogP contribution in [0.5, 0.6) is 0 Å². The van der Waals surface area contributed by atoms with Crippen molar-refractivity contribution in [3.05, 3.63) is 0 Å². The van der Waals surface area contributed by atoms with Gasteiger partial charge in [-0.15, -0.1) is 0 Å². The van der Waals surface area contributed by atoms with Crippen LogP contribution < -0.4 is 5.32 Å². The highest BCUT2D eigenvalue weighted by Crippen LogP contribution is 2.38. The van der Waals surface area contributed by atoms with Gasteiger partial charge in [-0.2, -0.15) is 0 Å². The Bertz CT molecular complexity index is 225. The minimum absolute atomic E-state index is 0.525. The lowest BCUT2D eigenvalue weighted by Gasteiger charge is -2.34. The molecule has 1 N–H and O–H groups in total. The molecule has 0 heterocycles. The second kappa shape index (κ2) is 8.93. The summed E-state index contributed by atoms with van der Waals surface area (Å²) in [5.41, 5.74) is 0.525. The Kier molecular flexibility index (Phi) is 7.96. The molecule has 0 radical (unpaired) electrons. The molecule has 0 aliphatic heterocycles. The molecular weight excluding hydrogens is 236 g/mol. The molecule has 1 saturated carbocycles. The van der Waals surface area contributed by atoms with E-state index in [0.717, 1.165) is 32.0 Å². The maximum absolute atomic E-state index is 5.14. The SMILES string of the molecule is COCCCN(C)CC1(CNCC(C)C)CCCC1. The zero-order chi connectivity index (χ0) is 14.1. The minimum Gasteiger partial charge on any atom is -0.385 e. The lowest BCUT2D eigenvalue weighted by atomic mass is 9.85. The molecule has 0 aromatic rings. The maximum atomic E-state index is 5.14. The zero-order valence-corrected chi connectivity index (χ0v) is 13.5. The fourth-order valence-electron chi connectivity index (χ4n) is 3.27. The van der Waals surface area contributed by atoms with E-state index in [1.807, 2.05) is 0 Å². The van der Waals surface area contributed by atoms with E-state index < -0.39 is 0 Å². The molecule has 1 aliphatic carbocycles. The first-order valence-corrected chi connectivity index (χ1v) is 7.96. The van der Waals surface area contributed by atoms with Crippen molar-refractivity contribution in [3.63, 3.8) is 0 Å². The second-order valence-corrected chi connectivity index (χ2v) is 6.82. The summed E-state index contributed by atoms with van der Waals surface area (Å²) < 4.78 is 5.14. The molecule has 3 heteroatoms. The van der Waals surface area contributed by atoms with Crippen molar-refractivity contribution in [2.45, 2.75) is 46.0 Å². The standard InChI is InChI=1S/C16H34N2O/c1-15(2)12-17-13-16(8-5-6-9-16)14-18(3)10-7-11-19-4/h15,17H,5-14H2,1-4H3. The monoisotopic (exact) mass is 270 g/mol. The van der Waals surface area contributed by atoms with Crippen LogP contribution in [-0.4, -0.2) is 51.8 Å². The third-order valence-electron chi connectivity index (χ3n) is 4.21. The molecule has 1 aliphatic rings. The minimum atomic E-state index is 0.525. The summed E-state index contributed by atoms with van der Waals surface area (Å²) >= 11 is 0. The van der Waals surface area contributed by atoms with Crippen molar-refractivity contribution in [1.29, 1.82) is 0 Å². The quantitative estimate of drug-likeness (QED) is 0.618. The van der Waals surface area contributed by atoms with Gasteiger partial charge in [0.05, 0.1) is 0 Å². The van der Waals surface area contributed by atoms with Crippen LogP contribution in [0.3, 0.4) is 0 Å². The number of ether oxygens (including phenoxy) is 1. The predicted molar refractivity (Wildman–Crippen MR) is 82.6 cm³/mol. The Labute approximate surface area is 120 Å². The molecule has 0 bridgehead atoms. The number of methoxy groups -OCH3 is 1. The van der Waals surface area contributed by atoms with E-state index >= 15 is 0 Å².